The highest BCUT2D eigenvalue weighted by Gasteiger charge is 2.02. The van der Waals surface area contributed by atoms with Gasteiger partial charge >= 0.3 is 0 Å². The molecule has 2 atom stereocenters. The van der Waals surface area contributed by atoms with Gasteiger partial charge < -0.3 is 5.73 Å². The first-order valence-corrected chi connectivity index (χ1v) is 4.27. The molecule has 0 heterocycles. The maximum Gasteiger partial charge on any atom is 0.123 e. The van der Waals surface area contributed by atoms with Gasteiger partial charge in [-0.3, -0.25) is 0 Å². The SMILES string of the molecule is NC(CP)c1cccc(F)c1. The summed E-state index contributed by atoms with van der Waals surface area (Å²) in [6.07, 6.45) is 0.753. The van der Waals surface area contributed by atoms with Gasteiger partial charge in [0.05, 0.1) is 0 Å². The molecule has 0 fully saturated rings. The van der Waals surface area contributed by atoms with Crippen LogP contribution in [0.3, 0.4) is 0 Å². The Balaban J connectivity index is 2.86. The van der Waals surface area contributed by atoms with Gasteiger partial charge in [-0.05, 0) is 23.9 Å². The standard InChI is InChI=1S/C8H11FNP/c9-7-3-1-2-6(4-7)8(10)5-11/h1-4,8H,5,10-11H2. The second kappa shape index (κ2) is 3.80. The highest BCUT2D eigenvalue weighted by molar-refractivity contribution is 7.16. The summed E-state index contributed by atoms with van der Waals surface area (Å²) in [5.74, 6) is -0.226. The number of hydrogen-bond donors (Lipinski definition) is 1. The zero-order valence-electron chi connectivity index (χ0n) is 6.13. The molecule has 0 aliphatic carbocycles. The molecular formula is C8H11FNP. The van der Waals surface area contributed by atoms with Gasteiger partial charge in [-0.25, -0.2) is 4.39 Å². The topological polar surface area (TPSA) is 26.0 Å². The predicted octanol–water partition coefficient (Wildman–Crippen LogP) is 1.70. The van der Waals surface area contributed by atoms with Crippen LogP contribution in [0, 0.1) is 5.82 Å². The van der Waals surface area contributed by atoms with E-state index in [4.69, 9.17) is 5.73 Å². The van der Waals surface area contributed by atoms with Crippen molar-refractivity contribution in [1.82, 2.24) is 0 Å². The molecule has 0 amide bonds. The van der Waals surface area contributed by atoms with E-state index in [1.165, 1.54) is 12.1 Å². The fraction of sp³-hybridized carbons (Fsp3) is 0.250. The fourth-order valence-electron chi connectivity index (χ4n) is 0.873. The van der Waals surface area contributed by atoms with Gasteiger partial charge in [0.1, 0.15) is 5.82 Å². The highest BCUT2D eigenvalue weighted by atomic mass is 31.0. The van der Waals surface area contributed by atoms with Gasteiger partial charge in [0.25, 0.3) is 0 Å². The largest absolute Gasteiger partial charge is 0.324 e. The van der Waals surface area contributed by atoms with Gasteiger partial charge in [-0.15, -0.1) is 9.24 Å². The van der Waals surface area contributed by atoms with Crippen molar-refractivity contribution in [2.45, 2.75) is 6.04 Å². The first-order valence-electron chi connectivity index (χ1n) is 3.45. The van der Waals surface area contributed by atoms with Crippen molar-refractivity contribution in [1.29, 1.82) is 0 Å². The summed E-state index contributed by atoms with van der Waals surface area (Å²) in [7, 11) is 2.54. The van der Waals surface area contributed by atoms with Gasteiger partial charge in [0.15, 0.2) is 0 Å². The van der Waals surface area contributed by atoms with E-state index in [0.29, 0.717) is 0 Å². The van der Waals surface area contributed by atoms with Crippen LogP contribution in [0.1, 0.15) is 11.6 Å². The van der Waals surface area contributed by atoms with Crippen LogP contribution in [0.5, 0.6) is 0 Å². The Kier molecular flexibility index (Phi) is 2.98. The zero-order valence-corrected chi connectivity index (χ0v) is 7.28. The summed E-state index contributed by atoms with van der Waals surface area (Å²) in [6, 6.07) is 6.31. The molecule has 0 aliphatic heterocycles. The lowest BCUT2D eigenvalue weighted by Gasteiger charge is -2.07. The molecule has 3 heteroatoms. The third kappa shape index (κ3) is 2.25. The molecule has 0 saturated heterocycles. The van der Waals surface area contributed by atoms with Gasteiger partial charge in [-0.2, -0.15) is 0 Å². The minimum absolute atomic E-state index is 0.0734. The van der Waals surface area contributed by atoms with Crippen molar-refractivity contribution in [2.75, 3.05) is 6.16 Å². The fourth-order valence-corrected chi connectivity index (χ4v) is 1.15. The van der Waals surface area contributed by atoms with Crippen molar-refractivity contribution >= 4 is 9.24 Å². The second-order valence-corrected chi connectivity index (χ2v) is 2.87. The average Bonchev–Trinajstić information content (AvgIpc) is 2.03. The summed E-state index contributed by atoms with van der Waals surface area (Å²) in [5, 5.41) is 0. The molecule has 0 spiro atoms. The molecular weight excluding hydrogens is 160 g/mol. The molecule has 60 valence electrons. The Bertz CT molecular complexity index is 239. The number of benzene rings is 1. The van der Waals surface area contributed by atoms with E-state index in [1.54, 1.807) is 6.07 Å². The molecule has 1 rings (SSSR count). The smallest absolute Gasteiger partial charge is 0.123 e. The Hall–Kier alpha value is -0.460. The van der Waals surface area contributed by atoms with Crippen molar-refractivity contribution < 1.29 is 4.39 Å². The molecule has 1 aromatic rings. The lowest BCUT2D eigenvalue weighted by Crippen LogP contribution is -2.11. The maximum atomic E-state index is 12.6. The van der Waals surface area contributed by atoms with E-state index in [9.17, 15) is 4.39 Å². The third-order valence-corrected chi connectivity index (χ3v) is 2.04. The lowest BCUT2D eigenvalue weighted by atomic mass is 10.1. The monoisotopic (exact) mass is 171 g/mol. The molecule has 0 aliphatic rings. The number of halogens is 1. The quantitative estimate of drug-likeness (QED) is 0.673. The zero-order chi connectivity index (χ0) is 8.27. The summed E-state index contributed by atoms with van der Waals surface area (Å²) in [4.78, 5) is 0. The Morgan fingerprint density at radius 1 is 1.55 bits per heavy atom. The van der Waals surface area contributed by atoms with Crippen molar-refractivity contribution in [3.8, 4) is 0 Å². The van der Waals surface area contributed by atoms with E-state index in [-0.39, 0.29) is 11.9 Å². The Morgan fingerprint density at radius 3 is 2.82 bits per heavy atom. The molecule has 0 saturated carbocycles. The molecule has 2 unspecified atom stereocenters. The summed E-state index contributed by atoms with van der Waals surface area (Å²) in [5.41, 5.74) is 6.52. The van der Waals surface area contributed by atoms with Crippen molar-refractivity contribution in [3.63, 3.8) is 0 Å². The first kappa shape index (κ1) is 8.63. The van der Waals surface area contributed by atoms with Crippen molar-refractivity contribution in [3.05, 3.63) is 35.6 Å². The molecule has 2 N–H and O–H groups in total. The predicted molar refractivity (Wildman–Crippen MR) is 47.9 cm³/mol. The van der Waals surface area contributed by atoms with Crippen LogP contribution in [0.2, 0.25) is 0 Å². The van der Waals surface area contributed by atoms with Crippen LogP contribution in [0.15, 0.2) is 24.3 Å². The molecule has 1 aromatic carbocycles. The van der Waals surface area contributed by atoms with Gasteiger partial charge in [0, 0.05) is 6.04 Å². The number of rotatable bonds is 2. The van der Waals surface area contributed by atoms with E-state index >= 15 is 0 Å². The van der Waals surface area contributed by atoms with Crippen LogP contribution in [-0.4, -0.2) is 6.16 Å². The van der Waals surface area contributed by atoms with E-state index in [0.717, 1.165) is 11.7 Å². The molecule has 0 radical (unpaired) electrons. The van der Waals surface area contributed by atoms with E-state index < -0.39 is 0 Å². The summed E-state index contributed by atoms with van der Waals surface area (Å²) in [6.45, 7) is 0. The van der Waals surface area contributed by atoms with Crippen LogP contribution < -0.4 is 5.73 Å². The van der Waals surface area contributed by atoms with Crippen LogP contribution in [-0.2, 0) is 0 Å². The maximum absolute atomic E-state index is 12.6. The molecule has 1 nitrogen and oxygen atoms in total. The third-order valence-electron chi connectivity index (χ3n) is 1.53. The lowest BCUT2D eigenvalue weighted by molar-refractivity contribution is 0.622. The normalized spacial score (nSPS) is 13.0. The Morgan fingerprint density at radius 2 is 2.27 bits per heavy atom. The minimum Gasteiger partial charge on any atom is -0.324 e. The first-order chi connectivity index (χ1) is 5.24. The van der Waals surface area contributed by atoms with Crippen LogP contribution in [0.25, 0.3) is 0 Å². The molecule has 0 aromatic heterocycles. The second-order valence-electron chi connectivity index (χ2n) is 2.40. The van der Waals surface area contributed by atoms with Gasteiger partial charge in [-0.1, -0.05) is 12.1 Å². The summed E-state index contributed by atoms with van der Waals surface area (Å²) >= 11 is 0. The minimum atomic E-state index is -0.226. The molecule has 0 bridgehead atoms. The van der Waals surface area contributed by atoms with Gasteiger partial charge in [0.2, 0.25) is 0 Å². The molecule has 11 heavy (non-hydrogen) atoms. The number of nitrogens with two attached hydrogens (primary N) is 1. The van der Waals surface area contributed by atoms with Crippen molar-refractivity contribution in [2.24, 2.45) is 5.73 Å². The summed E-state index contributed by atoms with van der Waals surface area (Å²) < 4.78 is 12.6. The van der Waals surface area contributed by atoms with Crippen LogP contribution >= 0.6 is 9.24 Å². The highest BCUT2D eigenvalue weighted by Crippen LogP contribution is 2.13. The van der Waals surface area contributed by atoms with E-state index in [2.05, 4.69) is 9.24 Å². The van der Waals surface area contributed by atoms with Crippen LogP contribution in [0.4, 0.5) is 4.39 Å². The van der Waals surface area contributed by atoms with E-state index in [1.807, 2.05) is 6.07 Å². The number of hydrogen-bond acceptors (Lipinski definition) is 1. The Labute approximate surface area is 68.0 Å². The average molecular weight is 171 g/mol.